The number of hydrogen-bond donors (Lipinski definition) is 1. The van der Waals surface area contributed by atoms with Crippen LogP contribution < -0.4 is 0 Å². The second kappa shape index (κ2) is 6.44. The first-order valence-electron chi connectivity index (χ1n) is 7.53. The first-order valence-corrected chi connectivity index (χ1v) is 7.91. The predicted molar refractivity (Wildman–Crippen MR) is 80.0 cm³/mol. The van der Waals surface area contributed by atoms with Gasteiger partial charge in [0.2, 0.25) is 0 Å². The number of benzene rings is 1. The van der Waals surface area contributed by atoms with Gasteiger partial charge in [-0.3, -0.25) is 4.90 Å². The standard InChI is InChI=1S/C16H22ClNO2/c17-13-5-3-4-12(10-13)15(19)11-18-8-9-20-16-7-2-1-6-14(16)18/h3-5,10,14-16,19H,1-2,6-9,11H2. The van der Waals surface area contributed by atoms with Gasteiger partial charge < -0.3 is 9.84 Å². The Bertz CT molecular complexity index is 452. The van der Waals surface area contributed by atoms with Gasteiger partial charge in [0.1, 0.15) is 0 Å². The van der Waals surface area contributed by atoms with Crippen LogP contribution in [0.5, 0.6) is 0 Å². The minimum atomic E-state index is -0.477. The van der Waals surface area contributed by atoms with Crippen LogP contribution in [-0.2, 0) is 4.74 Å². The van der Waals surface area contributed by atoms with Crippen LogP contribution in [0.15, 0.2) is 24.3 Å². The Hall–Kier alpha value is -0.610. The van der Waals surface area contributed by atoms with E-state index in [2.05, 4.69) is 4.90 Å². The quantitative estimate of drug-likeness (QED) is 0.930. The molecule has 20 heavy (non-hydrogen) atoms. The molecule has 1 saturated carbocycles. The van der Waals surface area contributed by atoms with Crippen LogP contribution in [-0.4, -0.2) is 41.8 Å². The van der Waals surface area contributed by atoms with Crippen LogP contribution in [0.25, 0.3) is 0 Å². The molecule has 1 aromatic rings. The molecule has 3 atom stereocenters. The van der Waals surface area contributed by atoms with Gasteiger partial charge in [-0.25, -0.2) is 0 Å². The third-order valence-electron chi connectivity index (χ3n) is 4.49. The maximum atomic E-state index is 10.4. The predicted octanol–water partition coefficient (Wildman–Crippen LogP) is 3.02. The molecule has 1 aliphatic carbocycles. The Labute approximate surface area is 125 Å². The lowest BCUT2D eigenvalue weighted by molar-refractivity contribution is -0.0974. The molecule has 0 bridgehead atoms. The van der Waals surface area contributed by atoms with Crippen molar-refractivity contribution in [3.8, 4) is 0 Å². The minimum Gasteiger partial charge on any atom is -0.387 e. The summed E-state index contributed by atoms with van der Waals surface area (Å²) in [5.74, 6) is 0. The SMILES string of the molecule is OC(CN1CCOC2CCCCC21)c1cccc(Cl)c1. The number of β-amino-alcohol motifs (C(OH)–C–C–N with tert-alkyl or cyclic N) is 1. The highest BCUT2D eigenvalue weighted by atomic mass is 35.5. The van der Waals surface area contributed by atoms with E-state index >= 15 is 0 Å². The molecule has 3 nitrogen and oxygen atoms in total. The highest BCUT2D eigenvalue weighted by Crippen LogP contribution is 2.30. The number of aliphatic hydroxyl groups excluding tert-OH is 1. The fourth-order valence-corrected chi connectivity index (χ4v) is 3.64. The number of nitrogens with zero attached hydrogens (tertiary/aromatic N) is 1. The molecule has 1 aliphatic heterocycles. The van der Waals surface area contributed by atoms with Crippen LogP contribution in [0.1, 0.15) is 37.4 Å². The summed E-state index contributed by atoms with van der Waals surface area (Å²) in [5.41, 5.74) is 0.899. The summed E-state index contributed by atoms with van der Waals surface area (Å²) < 4.78 is 5.87. The zero-order valence-corrected chi connectivity index (χ0v) is 12.4. The molecule has 110 valence electrons. The van der Waals surface area contributed by atoms with Gasteiger partial charge in [0.05, 0.1) is 18.8 Å². The normalized spacial score (nSPS) is 28.9. The maximum absolute atomic E-state index is 10.4. The number of morpholine rings is 1. The van der Waals surface area contributed by atoms with Crippen molar-refractivity contribution in [2.75, 3.05) is 19.7 Å². The zero-order chi connectivity index (χ0) is 13.9. The Kier molecular flexibility index (Phi) is 4.61. The van der Waals surface area contributed by atoms with Gasteiger partial charge in [-0.05, 0) is 30.5 Å². The van der Waals surface area contributed by atoms with Gasteiger partial charge in [-0.2, -0.15) is 0 Å². The third-order valence-corrected chi connectivity index (χ3v) is 4.72. The number of hydrogen-bond acceptors (Lipinski definition) is 3. The van der Waals surface area contributed by atoms with Gasteiger partial charge in [0, 0.05) is 24.2 Å². The van der Waals surface area contributed by atoms with E-state index in [1.807, 2.05) is 24.3 Å². The maximum Gasteiger partial charge on any atom is 0.0917 e. The first-order chi connectivity index (χ1) is 9.74. The van der Waals surface area contributed by atoms with Gasteiger partial charge >= 0.3 is 0 Å². The zero-order valence-electron chi connectivity index (χ0n) is 11.7. The molecule has 1 aromatic carbocycles. The third kappa shape index (κ3) is 3.17. The average molecular weight is 296 g/mol. The molecule has 4 heteroatoms. The Morgan fingerprint density at radius 1 is 1.35 bits per heavy atom. The molecule has 1 N–H and O–H groups in total. The fourth-order valence-electron chi connectivity index (χ4n) is 3.44. The first kappa shape index (κ1) is 14.3. The van der Waals surface area contributed by atoms with E-state index in [9.17, 15) is 5.11 Å². The molecule has 0 amide bonds. The summed E-state index contributed by atoms with van der Waals surface area (Å²) >= 11 is 6.00. The van der Waals surface area contributed by atoms with Crippen molar-refractivity contribution in [1.29, 1.82) is 0 Å². The largest absolute Gasteiger partial charge is 0.387 e. The number of halogens is 1. The van der Waals surface area contributed by atoms with E-state index in [0.29, 0.717) is 23.7 Å². The summed E-state index contributed by atoms with van der Waals surface area (Å²) in [7, 11) is 0. The number of rotatable bonds is 3. The molecular weight excluding hydrogens is 274 g/mol. The van der Waals surface area contributed by atoms with Crippen molar-refractivity contribution in [3.05, 3.63) is 34.9 Å². The number of aliphatic hydroxyl groups is 1. The van der Waals surface area contributed by atoms with Crippen LogP contribution in [0.2, 0.25) is 5.02 Å². The minimum absolute atomic E-state index is 0.365. The summed E-state index contributed by atoms with van der Waals surface area (Å²) in [6.07, 6.45) is 4.78. The lowest BCUT2D eigenvalue weighted by Gasteiger charge is -2.44. The lowest BCUT2D eigenvalue weighted by Crippen LogP contribution is -2.53. The van der Waals surface area contributed by atoms with E-state index < -0.39 is 6.10 Å². The molecule has 1 saturated heterocycles. The van der Waals surface area contributed by atoms with Crippen molar-refractivity contribution in [2.45, 2.75) is 43.9 Å². The molecule has 0 spiro atoms. The highest BCUT2D eigenvalue weighted by Gasteiger charge is 2.34. The van der Waals surface area contributed by atoms with Crippen molar-refractivity contribution < 1.29 is 9.84 Å². The van der Waals surface area contributed by atoms with E-state index in [0.717, 1.165) is 25.1 Å². The van der Waals surface area contributed by atoms with Gasteiger partial charge in [-0.15, -0.1) is 0 Å². The summed E-state index contributed by atoms with van der Waals surface area (Å²) in [4.78, 5) is 2.40. The lowest BCUT2D eigenvalue weighted by atomic mass is 9.89. The molecule has 0 radical (unpaired) electrons. The molecule has 2 fully saturated rings. The Morgan fingerprint density at radius 2 is 2.20 bits per heavy atom. The highest BCUT2D eigenvalue weighted by molar-refractivity contribution is 6.30. The Balaban J connectivity index is 1.66. The van der Waals surface area contributed by atoms with E-state index in [1.54, 1.807) is 0 Å². The van der Waals surface area contributed by atoms with Crippen LogP contribution >= 0.6 is 11.6 Å². The van der Waals surface area contributed by atoms with Crippen molar-refractivity contribution in [1.82, 2.24) is 4.90 Å². The molecular formula is C16H22ClNO2. The second-order valence-electron chi connectivity index (χ2n) is 5.83. The van der Waals surface area contributed by atoms with Crippen LogP contribution in [0, 0.1) is 0 Å². The molecule has 0 aromatic heterocycles. The smallest absolute Gasteiger partial charge is 0.0917 e. The molecule has 1 heterocycles. The van der Waals surface area contributed by atoms with Gasteiger partial charge in [0.15, 0.2) is 0 Å². The van der Waals surface area contributed by atoms with Crippen molar-refractivity contribution >= 4 is 11.6 Å². The number of ether oxygens (including phenoxy) is 1. The topological polar surface area (TPSA) is 32.7 Å². The summed E-state index contributed by atoms with van der Waals surface area (Å²) in [6, 6.07) is 8.00. The number of fused-ring (bicyclic) bond motifs is 1. The van der Waals surface area contributed by atoms with E-state index in [-0.39, 0.29) is 0 Å². The Morgan fingerprint density at radius 3 is 3.05 bits per heavy atom. The van der Waals surface area contributed by atoms with E-state index in [4.69, 9.17) is 16.3 Å². The fraction of sp³-hybridized carbons (Fsp3) is 0.625. The van der Waals surface area contributed by atoms with Crippen LogP contribution in [0.4, 0.5) is 0 Å². The average Bonchev–Trinajstić information content (AvgIpc) is 2.47. The van der Waals surface area contributed by atoms with Crippen molar-refractivity contribution in [3.63, 3.8) is 0 Å². The molecule has 3 rings (SSSR count). The molecule has 3 unspecified atom stereocenters. The van der Waals surface area contributed by atoms with Gasteiger partial charge in [0.25, 0.3) is 0 Å². The van der Waals surface area contributed by atoms with E-state index in [1.165, 1.54) is 19.3 Å². The molecule has 2 aliphatic rings. The van der Waals surface area contributed by atoms with Gasteiger partial charge in [-0.1, -0.05) is 36.6 Å². The van der Waals surface area contributed by atoms with Crippen LogP contribution in [0.3, 0.4) is 0 Å². The second-order valence-corrected chi connectivity index (χ2v) is 6.26. The summed E-state index contributed by atoms with van der Waals surface area (Å²) in [5, 5.41) is 11.1. The van der Waals surface area contributed by atoms with Crippen molar-refractivity contribution in [2.24, 2.45) is 0 Å². The monoisotopic (exact) mass is 295 g/mol. The summed E-state index contributed by atoms with van der Waals surface area (Å²) in [6.45, 7) is 2.37.